The smallest absolute Gasteiger partial charge is 0.444 e. The van der Waals surface area contributed by atoms with Crippen molar-refractivity contribution in [3.63, 3.8) is 0 Å². The van der Waals surface area contributed by atoms with Crippen LogP contribution in [0.3, 0.4) is 0 Å². The molecule has 0 saturated carbocycles. The summed E-state index contributed by atoms with van der Waals surface area (Å²) in [6, 6.07) is 4.42. The highest BCUT2D eigenvalue weighted by Crippen LogP contribution is 2.34. The van der Waals surface area contributed by atoms with E-state index in [0.717, 1.165) is 6.20 Å². The largest absolute Gasteiger partial charge is 0.488 e. The van der Waals surface area contributed by atoms with Crippen molar-refractivity contribution in [1.82, 2.24) is 25.0 Å². The molecule has 18 heteroatoms. The number of anilines is 1. The molecule has 262 valence electrons. The molecule has 14 nitrogen and oxygen atoms in total. The van der Waals surface area contributed by atoms with Gasteiger partial charge in [-0.05, 0) is 45.9 Å². The molecule has 4 rings (SSSR count). The number of benzene rings is 1. The molecule has 1 atom stereocenters. The van der Waals surface area contributed by atoms with Crippen molar-refractivity contribution in [3.05, 3.63) is 30.0 Å². The maximum atomic E-state index is 13.8. The third kappa shape index (κ3) is 9.60. The molecule has 0 unspecified atom stereocenters. The van der Waals surface area contributed by atoms with Gasteiger partial charge in [0.1, 0.15) is 17.2 Å². The van der Waals surface area contributed by atoms with E-state index in [1.165, 1.54) is 18.2 Å². The molecular weight excluding hydrogens is 659 g/mol. The molecular formula is C30H38F3N7O7S. The zero-order valence-corrected chi connectivity index (χ0v) is 27.9. The molecule has 2 fully saturated rings. The highest BCUT2D eigenvalue weighted by atomic mass is 32.3. The molecule has 2 aliphatic heterocycles. The van der Waals surface area contributed by atoms with E-state index >= 15 is 0 Å². The Balaban J connectivity index is 1.45. The number of nitrogens with zero attached hydrogens (tertiary/aromatic N) is 6. The van der Waals surface area contributed by atoms with Crippen LogP contribution >= 0.6 is 0 Å². The standard InChI is InChI=1S/C30H38F3N7O7S/c1-29(2,3)46-28(43)39-12-10-38(11-13-39)9-5-8-37(4)20-14-23-22(6-7-35-26(23)24(15-20)47-48(33,44)45)27(42)36-18-25(41)40-19-30(31,32)16-21(40)17-34/h6-7,14-15,21H,5,8-13,16,18-19H2,1-4H3,(H,36,42)/t21-/m0/s1. The van der Waals surface area contributed by atoms with E-state index in [0.29, 0.717) is 56.3 Å². The minimum atomic E-state index is -5.49. The lowest BCUT2D eigenvalue weighted by Crippen LogP contribution is -2.50. The van der Waals surface area contributed by atoms with Gasteiger partial charge in [-0.3, -0.25) is 19.5 Å². The minimum Gasteiger partial charge on any atom is -0.444 e. The summed E-state index contributed by atoms with van der Waals surface area (Å²) in [4.78, 5) is 48.6. The van der Waals surface area contributed by atoms with Gasteiger partial charge in [-0.25, -0.2) is 13.6 Å². The van der Waals surface area contributed by atoms with Crippen LogP contribution in [-0.2, 0) is 20.0 Å². The van der Waals surface area contributed by atoms with Crippen molar-refractivity contribution < 1.29 is 44.4 Å². The third-order valence-electron chi connectivity index (χ3n) is 7.80. The highest BCUT2D eigenvalue weighted by Gasteiger charge is 2.47. The number of hydrogen-bond acceptors (Lipinski definition) is 11. The molecule has 0 aliphatic carbocycles. The quantitative estimate of drug-likeness (QED) is 0.363. The maximum Gasteiger partial charge on any atom is 0.488 e. The number of hydrogen-bond donors (Lipinski definition) is 1. The fourth-order valence-corrected chi connectivity index (χ4v) is 5.83. The summed E-state index contributed by atoms with van der Waals surface area (Å²) >= 11 is 0. The van der Waals surface area contributed by atoms with Crippen LogP contribution in [0.4, 0.5) is 23.1 Å². The number of aromatic nitrogens is 1. The van der Waals surface area contributed by atoms with Gasteiger partial charge in [-0.2, -0.15) is 13.7 Å². The molecule has 2 aromatic rings. The number of ether oxygens (including phenoxy) is 1. The van der Waals surface area contributed by atoms with Crippen molar-refractivity contribution in [2.75, 3.05) is 64.3 Å². The van der Waals surface area contributed by atoms with Crippen LogP contribution in [0.1, 0.15) is 44.0 Å². The summed E-state index contributed by atoms with van der Waals surface area (Å²) in [5, 5.41) is 11.6. The monoisotopic (exact) mass is 697 g/mol. The van der Waals surface area contributed by atoms with E-state index in [1.807, 2.05) is 20.8 Å². The van der Waals surface area contributed by atoms with Gasteiger partial charge < -0.3 is 28.9 Å². The molecule has 2 aliphatic rings. The topological polar surface area (TPSA) is 165 Å². The zero-order chi connectivity index (χ0) is 35.4. The van der Waals surface area contributed by atoms with Crippen LogP contribution in [0.25, 0.3) is 10.9 Å². The van der Waals surface area contributed by atoms with Gasteiger partial charge in [0, 0.05) is 69.5 Å². The van der Waals surface area contributed by atoms with Crippen molar-refractivity contribution in [2.45, 2.75) is 51.2 Å². The van der Waals surface area contributed by atoms with Crippen molar-refractivity contribution >= 4 is 45.0 Å². The average Bonchev–Trinajstić information content (AvgIpc) is 3.32. The first kappa shape index (κ1) is 36.5. The molecule has 1 N–H and O–H groups in total. The number of carbonyl (C=O) groups excluding carboxylic acids is 3. The lowest BCUT2D eigenvalue weighted by molar-refractivity contribution is -0.131. The molecule has 0 radical (unpaired) electrons. The van der Waals surface area contributed by atoms with Crippen molar-refractivity contribution in [1.29, 1.82) is 5.26 Å². The Kier molecular flexibility index (Phi) is 10.9. The summed E-state index contributed by atoms with van der Waals surface area (Å²) in [5.41, 5.74) is -0.445. The molecule has 2 saturated heterocycles. The van der Waals surface area contributed by atoms with Crippen molar-refractivity contribution in [3.8, 4) is 11.8 Å². The lowest BCUT2D eigenvalue weighted by Gasteiger charge is -2.35. The second-order valence-electron chi connectivity index (χ2n) is 12.7. The Morgan fingerprint density at radius 3 is 2.50 bits per heavy atom. The van der Waals surface area contributed by atoms with Crippen LogP contribution in [0.2, 0.25) is 0 Å². The van der Waals surface area contributed by atoms with Crippen LogP contribution in [0.5, 0.6) is 5.75 Å². The zero-order valence-electron chi connectivity index (χ0n) is 27.0. The number of fused-ring (bicyclic) bond motifs is 1. The van der Waals surface area contributed by atoms with E-state index in [9.17, 15) is 40.7 Å². The molecule has 48 heavy (non-hydrogen) atoms. The normalized spacial score (nSPS) is 18.3. The second kappa shape index (κ2) is 14.4. The number of nitrogens with one attached hydrogen (secondary N) is 1. The van der Waals surface area contributed by atoms with Gasteiger partial charge in [0.25, 0.3) is 11.8 Å². The molecule has 0 bridgehead atoms. The summed E-state index contributed by atoms with van der Waals surface area (Å²) < 4.78 is 74.2. The van der Waals surface area contributed by atoms with Gasteiger partial charge in [-0.15, -0.1) is 0 Å². The van der Waals surface area contributed by atoms with E-state index in [1.54, 1.807) is 22.9 Å². The number of alkyl halides is 2. The Labute approximate surface area is 276 Å². The average molecular weight is 698 g/mol. The number of rotatable bonds is 10. The number of carbonyl (C=O) groups is 3. The third-order valence-corrected chi connectivity index (χ3v) is 8.18. The van der Waals surface area contributed by atoms with Crippen LogP contribution < -0.4 is 14.4 Å². The molecule has 3 amide bonds. The van der Waals surface area contributed by atoms with Gasteiger partial charge in [0.15, 0.2) is 5.75 Å². The number of nitriles is 1. The van der Waals surface area contributed by atoms with Gasteiger partial charge in [0.2, 0.25) is 5.91 Å². The van der Waals surface area contributed by atoms with Gasteiger partial charge >= 0.3 is 16.6 Å². The fraction of sp³-hybridized carbons (Fsp3) is 0.567. The summed E-state index contributed by atoms with van der Waals surface area (Å²) in [5.74, 6) is -5.41. The lowest BCUT2D eigenvalue weighted by atomic mass is 10.1. The van der Waals surface area contributed by atoms with Gasteiger partial charge in [-0.1, -0.05) is 3.89 Å². The maximum absolute atomic E-state index is 13.8. The number of pyridine rings is 1. The predicted molar refractivity (Wildman–Crippen MR) is 168 cm³/mol. The Bertz CT molecular complexity index is 1690. The minimum absolute atomic E-state index is 0.0735. The fourth-order valence-electron chi connectivity index (χ4n) is 5.49. The number of amides is 3. The Hall–Kier alpha value is -4.37. The second-order valence-corrected chi connectivity index (χ2v) is 13.6. The first-order valence-electron chi connectivity index (χ1n) is 15.2. The highest BCUT2D eigenvalue weighted by molar-refractivity contribution is 7.81. The van der Waals surface area contributed by atoms with Crippen LogP contribution in [0, 0.1) is 11.3 Å². The number of piperazine rings is 1. The summed E-state index contributed by atoms with van der Waals surface area (Å²) in [6.45, 7) is 7.25. The molecule has 3 heterocycles. The van der Waals surface area contributed by atoms with Crippen molar-refractivity contribution in [2.24, 2.45) is 0 Å². The van der Waals surface area contributed by atoms with Crippen LogP contribution in [-0.4, -0.2) is 123 Å². The molecule has 1 aromatic heterocycles. The van der Waals surface area contributed by atoms with Crippen LogP contribution in [0.15, 0.2) is 24.4 Å². The summed E-state index contributed by atoms with van der Waals surface area (Å²) in [6.07, 6.45) is 0.652. The Morgan fingerprint density at radius 1 is 1.19 bits per heavy atom. The molecule has 0 spiro atoms. The first-order valence-corrected chi connectivity index (χ1v) is 16.5. The Morgan fingerprint density at radius 2 is 1.88 bits per heavy atom. The first-order chi connectivity index (χ1) is 22.4. The van der Waals surface area contributed by atoms with E-state index in [4.69, 9.17) is 4.74 Å². The number of halogens is 3. The van der Waals surface area contributed by atoms with E-state index in [-0.39, 0.29) is 22.6 Å². The summed E-state index contributed by atoms with van der Waals surface area (Å²) in [7, 11) is -3.78. The van der Waals surface area contributed by atoms with E-state index in [2.05, 4.69) is 19.4 Å². The predicted octanol–water partition coefficient (Wildman–Crippen LogP) is 2.70. The SMILES string of the molecule is CN(CCCN1CCN(C(=O)OC(C)(C)C)CC1)c1cc(OS(=O)(=O)F)c2nccc(C(=O)NCC(=O)N3CC(F)(F)C[C@H]3C#N)c2c1. The van der Waals surface area contributed by atoms with Gasteiger partial charge in [0.05, 0.1) is 24.7 Å². The number of likely N-dealkylation sites (tertiary alicyclic amines) is 1. The van der Waals surface area contributed by atoms with E-state index < -0.39 is 65.1 Å². The molecule has 1 aromatic carbocycles.